The molecule has 5 heteroatoms. The van der Waals surface area contributed by atoms with Crippen LogP contribution in [0.15, 0.2) is 21.2 Å². The van der Waals surface area contributed by atoms with E-state index in [-0.39, 0.29) is 0 Å². The molecule has 114 valence electrons. The van der Waals surface area contributed by atoms with Gasteiger partial charge in [0.1, 0.15) is 0 Å². The van der Waals surface area contributed by atoms with E-state index in [4.69, 9.17) is 0 Å². The largest absolute Gasteiger partial charge is 0.309 e. The third-order valence-electron chi connectivity index (χ3n) is 3.51. The molecule has 0 aromatic carbocycles. The standard InChI is InChI=1S/C15H25Br2N3/c1-4-20(5-2)8-6-7-12(3)18-11-15-14(17)9-13(16)10-19-15/h9-10,12,18H,4-8,11H2,1-3H3. The van der Waals surface area contributed by atoms with Crippen LogP contribution in [0.5, 0.6) is 0 Å². The molecule has 1 unspecified atom stereocenters. The number of hydrogen-bond donors (Lipinski definition) is 1. The Morgan fingerprint density at radius 2 is 2.00 bits per heavy atom. The second-order valence-electron chi connectivity index (χ2n) is 5.03. The van der Waals surface area contributed by atoms with Gasteiger partial charge in [0.05, 0.1) is 5.69 Å². The smallest absolute Gasteiger partial charge is 0.0684 e. The molecule has 0 amide bonds. The minimum absolute atomic E-state index is 0.517. The van der Waals surface area contributed by atoms with Crippen LogP contribution in [-0.2, 0) is 6.54 Å². The molecule has 1 rings (SSSR count). The van der Waals surface area contributed by atoms with Gasteiger partial charge in [-0.25, -0.2) is 0 Å². The van der Waals surface area contributed by atoms with Gasteiger partial charge in [0, 0.05) is 27.7 Å². The van der Waals surface area contributed by atoms with Gasteiger partial charge in [-0.2, -0.15) is 0 Å². The summed E-state index contributed by atoms with van der Waals surface area (Å²) in [6.45, 7) is 11.0. The Labute approximate surface area is 139 Å². The minimum atomic E-state index is 0.517. The average molecular weight is 407 g/mol. The summed E-state index contributed by atoms with van der Waals surface area (Å²) in [5.74, 6) is 0. The molecule has 0 saturated heterocycles. The third kappa shape index (κ3) is 6.66. The van der Waals surface area contributed by atoms with Crippen LogP contribution < -0.4 is 5.32 Å². The molecule has 1 aromatic rings. The predicted molar refractivity (Wildman–Crippen MR) is 93.0 cm³/mol. The molecule has 0 aliphatic carbocycles. The van der Waals surface area contributed by atoms with Crippen molar-refractivity contribution in [1.82, 2.24) is 15.2 Å². The van der Waals surface area contributed by atoms with Gasteiger partial charge in [-0.3, -0.25) is 4.98 Å². The molecule has 1 aromatic heterocycles. The quantitative estimate of drug-likeness (QED) is 0.665. The van der Waals surface area contributed by atoms with Crippen molar-refractivity contribution in [3.05, 3.63) is 26.9 Å². The van der Waals surface area contributed by atoms with E-state index in [9.17, 15) is 0 Å². The highest BCUT2D eigenvalue weighted by molar-refractivity contribution is 9.11. The lowest BCUT2D eigenvalue weighted by Gasteiger charge is -2.19. The Bertz CT molecular complexity index is 395. The van der Waals surface area contributed by atoms with Crippen molar-refractivity contribution in [1.29, 1.82) is 0 Å². The summed E-state index contributed by atoms with van der Waals surface area (Å²) >= 11 is 6.97. The number of aromatic nitrogens is 1. The summed E-state index contributed by atoms with van der Waals surface area (Å²) in [5.41, 5.74) is 1.06. The van der Waals surface area contributed by atoms with Crippen LogP contribution in [0.4, 0.5) is 0 Å². The van der Waals surface area contributed by atoms with Crippen LogP contribution in [0.25, 0.3) is 0 Å². The van der Waals surface area contributed by atoms with Crippen molar-refractivity contribution in [3.63, 3.8) is 0 Å². The number of hydrogen-bond acceptors (Lipinski definition) is 3. The van der Waals surface area contributed by atoms with Crippen LogP contribution in [0.2, 0.25) is 0 Å². The van der Waals surface area contributed by atoms with Crippen LogP contribution in [0, 0.1) is 0 Å². The van der Waals surface area contributed by atoms with E-state index in [0.29, 0.717) is 6.04 Å². The molecule has 1 N–H and O–H groups in total. The third-order valence-corrected chi connectivity index (χ3v) is 4.63. The zero-order valence-corrected chi connectivity index (χ0v) is 15.8. The highest BCUT2D eigenvalue weighted by Crippen LogP contribution is 2.19. The lowest BCUT2D eigenvalue weighted by molar-refractivity contribution is 0.290. The van der Waals surface area contributed by atoms with Crippen molar-refractivity contribution in [2.75, 3.05) is 19.6 Å². The highest BCUT2D eigenvalue weighted by atomic mass is 79.9. The lowest BCUT2D eigenvalue weighted by Crippen LogP contribution is -2.29. The van der Waals surface area contributed by atoms with Gasteiger partial charge in [-0.1, -0.05) is 13.8 Å². The van der Waals surface area contributed by atoms with E-state index < -0.39 is 0 Å². The van der Waals surface area contributed by atoms with Crippen LogP contribution in [0.1, 0.15) is 39.3 Å². The molecule has 1 heterocycles. The molecule has 0 aliphatic heterocycles. The number of nitrogens with one attached hydrogen (secondary N) is 1. The summed E-state index contributed by atoms with van der Waals surface area (Å²) in [6, 6.07) is 2.55. The first kappa shape index (κ1) is 18.1. The Kier molecular flexibility index (Phi) is 8.93. The zero-order chi connectivity index (χ0) is 15.0. The molecule has 0 radical (unpaired) electrons. The maximum Gasteiger partial charge on any atom is 0.0684 e. The molecule has 0 aliphatic rings. The van der Waals surface area contributed by atoms with E-state index in [1.54, 1.807) is 0 Å². The molecule has 0 fully saturated rings. The maximum atomic E-state index is 4.42. The number of nitrogens with zero attached hydrogens (tertiary/aromatic N) is 2. The Morgan fingerprint density at radius 3 is 2.60 bits per heavy atom. The zero-order valence-electron chi connectivity index (χ0n) is 12.6. The van der Waals surface area contributed by atoms with Crippen LogP contribution in [-0.4, -0.2) is 35.6 Å². The van der Waals surface area contributed by atoms with Gasteiger partial charge in [-0.15, -0.1) is 0 Å². The fourth-order valence-corrected chi connectivity index (χ4v) is 3.23. The number of halogens is 2. The van der Waals surface area contributed by atoms with Crippen LogP contribution >= 0.6 is 31.9 Å². The normalized spacial score (nSPS) is 12.9. The average Bonchev–Trinajstić information content (AvgIpc) is 2.42. The summed E-state index contributed by atoms with van der Waals surface area (Å²) in [6.07, 6.45) is 4.28. The lowest BCUT2D eigenvalue weighted by atomic mass is 10.1. The van der Waals surface area contributed by atoms with E-state index in [0.717, 1.165) is 34.3 Å². The van der Waals surface area contributed by atoms with Gasteiger partial charge >= 0.3 is 0 Å². The van der Waals surface area contributed by atoms with Crippen molar-refractivity contribution in [3.8, 4) is 0 Å². The van der Waals surface area contributed by atoms with Gasteiger partial charge in [0.2, 0.25) is 0 Å². The minimum Gasteiger partial charge on any atom is -0.309 e. The summed E-state index contributed by atoms with van der Waals surface area (Å²) in [4.78, 5) is 6.89. The van der Waals surface area contributed by atoms with Crippen molar-refractivity contribution in [2.24, 2.45) is 0 Å². The molecular formula is C15H25Br2N3. The molecular weight excluding hydrogens is 382 g/mol. The SMILES string of the molecule is CCN(CC)CCCC(C)NCc1ncc(Br)cc1Br. The van der Waals surface area contributed by atoms with Crippen molar-refractivity contribution in [2.45, 2.75) is 46.2 Å². The van der Waals surface area contributed by atoms with E-state index in [1.807, 2.05) is 12.3 Å². The molecule has 0 spiro atoms. The summed E-state index contributed by atoms with van der Waals surface area (Å²) < 4.78 is 2.05. The van der Waals surface area contributed by atoms with E-state index in [1.165, 1.54) is 19.4 Å². The van der Waals surface area contributed by atoms with Crippen LogP contribution in [0.3, 0.4) is 0 Å². The highest BCUT2D eigenvalue weighted by Gasteiger charge is 2.06. The van der Waals surface area contributed by atoms with Gasteiger partial charge in [-0.05, 0) is 77.3 Å². The van der Waals surface area contributed by atoms with Crippen molar-refractivity contribution >= 4 is 31.9 Å². The predicted octanol–water partition coefficient (Wildman–Crippen LogP) is 4.21. The van der Waals surface area contributed by atoms with Gasteiger partial charge in [0.15, 0.2) is 0 Å². The van der Waals surface area contributed by atoms with E-state index in [2.05, 4.69) is 67.8 Å². The maximum absolute atomic E-state index is 4.42. The Hall–Kier alpha value is 0.0300. The molecule has 3 nitrogen and oxygen atoms in total. The first-order valence-corrected chi connectivity index (χ1v) is 8.91. The number of pyridine rings is 1. The summed E-state index contributed by atoms with van der Waals surface area (Å²) in [5, 5.41) is 3.54. The molecule has 20 heavy (non-hydrogen) atoms. The second kappa shape index (κ2) is 9.87. The molecule has 0 bridgehead atoms. The fourth-order valence-electron chi connectivity index (χ4n) is 2.11. The topological polar surface area (TPSA) is 28.2 Å². The van der Waals surface area contributed by atoms with Gasteiger partial charge in [0.25, 0.3) is 0 Å². The number of rotatable bonds is 9. The fraction of sp³-hybridized carbons (Fsp3) is 0.667. The second-order valence-corrected chi connectivity index (χ2v) is 6.80. The Balaban J connectivity index is 2.27. The summed E-state index contributed by atoms with van der Waals surface area (Å²) in [7, 11) is 0. The monoisotopic (exact) mass is 405 g/mol. The first-order chi connectivity index (χ1) is 9.56. The van der Waals surface area contributed by atoms with E-state index >= 15 is 0 Å². The van der Waals surface area contributed by atoms with Crippen molar-refractivity contribution < 1.29 is 0 Å². The first-order valence-electron chi connectivity index (χ1n) is 7.32. The molecule has 1 atom stereocenters. The molecule has 0 saturated carbocycles. The Morgan fingerprint density at radius 1 is 1.30 bits per heavy atom. The van der Waals surface area contributed by atoms with Gasteiger partial charge < -0.3 is 10.2 Å².